The Hall–Kier alpha value is -0.980. The van der Waals surface area contributed by atoms with E-state index in [0.717, 1.165) is 4.90 Å². The molecule has 0 saturated carbocycles. The number of nitrogens with two attached hydrogens (primary N) is 1. The molecule has 0 spiro atoms. The molecule has 16 heavy (non-hydrogen) atoms. The Morgan fingerprint density at radius 1 is 1.44 bits per heavy atom. The summed E-state index contributed by atoms with van der Waals surface area (Å²) >= 11 is 0. The second kappa shape index (κ2) is 6.57. The Morgan fingerprint density at radius 3 is 2.44 bits per heavy atom. The van der Waals surface area contributed by atoms with Crippen LogP contribution < -0.4 is 11.1 Å². The third-order valence-electron chi connectivity index (χ3n) is 1.65. The van der Waals surface area contributed by atoms with Crippen LogP contribution in [-0.4, -0.2) is 49.8 Å². The fraction of sp³-hybridized carbons (Fsp3) is 0.889. The summed E-state index contributed by atoms with van der Waals surface area (Å²) in [5.74, 6) is 0.260. The van der Waals surface area contributed by atoms with Gasteiger partial charge in [-0.05, 0) is 20.9 Å². The Balaban J connectivity index is 3.80. The fourth-order valence-corrected chi connectivity index (χ4v) is 1.07. The second-order valence-electron chi connectivity index (χ2n) is 3.92. The molecule has 0 aromatic heterocycles. The molecule has 0 amide bonds. The third kappa shape index (κ3) is 9.57. The quantitative estimate of drug-likeness (QED) is 0.552. The van der Waals surface area contributed by atoms with Crippen LogP contribution in [0.15, 0.2) is 4.99 Å². The molecule has 0 aliphatic rings. The molecule has 96 valence electrons. The number of halogens is 3. The van der Waals surface area contributed by atoms with Crippen molar-refractivity contribution in [3.8, 4) is 0 Å². The highest BCUT2D eigenvalue weighted by atomic mass is 19.4. The van der Waals surface area contributed by atoms with Gasteiger partial charge in [-0.25, -0.2) is 0 Å². The highest BCUT2D eigenvalue weighted by Crippen LogP contribution is 2.14. The lowest BCUT2D eigenvalue weighted by atomic mass is 10.4. The summed E-state index contributed by atoms with van der Waals surface area (Å²) in [6.45, 7) is 3.34. The summed E-state index contributed by atoms with van der Waals surface area (Å²) in [5.41, 5.74) is 5.49. The van der Waals surface area contributed by atoms with Gasteiger partial charge >= 0.3 is 6.18 Å². The van der Waals surface area contributed by atoms with Gasteiger partial charge in [0.1, 0.15) is 0 Å². The van der Waals surface area contributed by atoms with Crippen molar-refractivity contribution < 1.29 is 13.2 Å². The van der Waals surface area contributed by atoms with Gasteiger partial charge in [0, 0.05) is 12.6 Å². The first-order chi connectivity index (χ1) is 7.20. The number of nitrogens with one attached hydrogen (secondary N) is 1. The van der Waals surface area contributed by atoms with Crippen molar-refractivity contribution in [1.82, 2.24) is 10.2 Å². The van der Waals surface area contributed by atoms with E-state index in [0.29, 0.717) is 0 Å². The van der Waals surface area contributed by atoms with Crippen LogP contribution in [0.4, 0.5) is 13.2 Å². The van der Waals surface area contributed by atoms with Crippen molar-refractivity contribution >= 4 is 5.96 Å². The van der Waals surface area contributed by atoms with Crippen molar-refractivity contribution in [2.24, 2.45) is 10.7 Å². The van der Waals surface area contributed by atoms with E-state index in [9.17, 15) is 13.2 Å². The number of aliphatic imine (C=N–C) groups is 1. The highest BCUT2D eigenvalue weighted by Gasteiger charge is 2.28. The summed E-state index contributed by atoms with van der Waals surface area (Å²) in [5, 5.41) is 2.85. The SMILES string of the molecule is CC(C)NC(N)=NCCN(C)CC(F)(F)F. The maximum Gasteiger partial charge on any atom is 0.401 e. The molecular formula is C9H19F3N4. The monoisotopic (exact) mass is 240 g/mol. The van der Waals surface area contributed by atoms with E-state index in [1.54, 1.807) is 0 Å². The Labute approximate surface area is 93.7 Å². The van der Waals surface area contributed by atoms with E-state index in [-0.39, 0.29) is 25.1 Å². The lowest BCUT2D eigenvalue weighted by Gasteiger charge is -2.17. The third-order valence-corrected chi connectivity index (χ3v) is 1.65. The molecule has 0 bridgehead atoms. The maximum absolute atomic E-state index is 11.9. The van der Waals surface area contributed by atoms with Crippen molar-refractivity contribution in [3.05, 3.63) is 0 Å². The molecule has 0 heterocycles. The Bertz CT molecular complexity index is 225. The lowest BCUT2D eigenvalue weighted by molar-refractivity contribution is -0.142. The number of nitrogens with zero attached hydrogens (tertiary/aromatic N) is 2. The van der Waals surface area contributed by atoms with E-state index in [1.165, 1.54) is 7.05 Å². The van der Waals surface area contributed by atoms with Gasteiger partial charge in [-0.2, -0.15) is 13.2 Å². The molecule has 4 nitrogen and oxygen atoms in total. The predicted octanol–water partition coefficient (Wildman–Crippen LogP) is 0.793. The molecule has 0 aliphatic heterocycles. The highest BCUT2D eigenvalue weighted by molar-refractivity contribution is 5.78. The van der Waals surface area contributed by atoms with Crippen LogP contribution in [0.1, 0.15) is 13.8 Å². The van der Waals surface area contributed by atoms with Gasteiger partial charge in [-0.3, -0.25) is 9.89 Å². The standard InChI is InChI=1S/C9H19F3N4/c1-7(2)15-8(13)14-4-5-16(3)6-9(10,11)12/h7H,4-6H2,1-3H3,(H3,13,14,15). The zero-order valence-electron chi connectivity index (χ0n) is 9.80. The summed E-state index contributed by atoms with van der Waals surface area (Å²) < 4.78 is 35.8. The molecule has 0 aromatic carbocycles. The minimum atomic E-state index is -4.17. The molecule has 0 rings (SSSR count). The summed E-state index contributed by atoms with van der Waals surface area (Å²) in [6, 6.07) is 0.164. The summed E-state index contributed by atoms with van der Waals surface area (Å²) in [7, 11) is 1.40. The van der Waals surface area contributed by atoms with Gasteiger partial charge in [-0.15, -0.1) is 0 Å². The molecule has 0 radical (unpaired) electrons. The molecule has 0 unspecified atom stereocenters. The van der Waals surface area contributed by atoms with Crippen LogP contribution in [0.5, 0.6) is 0 Å². The Kier molecular flexibility index (Phi) is 6.17. The van der Waals surface area contributed by atoms with Gasteiger partial charge in [-0.1, -0.05) is 0 Å². The van der Waals surface area contributed by atoms with E-state index >= 15 is 0 Å². The first-order valence-electron chi connectivity index (χ1n) is 5.02. The van der Waals surface area contributed by atoms with Gasteiger partial charge in [0.05, 0.1) is 13.1 Å². The number of rotatable bonds is 5. The first-order valence-corrected chi connectivity index (χ1v) is 5.02. The minimum Gasteiger partial charge on any atom is -0.370 e. The number of guanidine groups is 1. The second-order valence-corrected chi connectivity index (χ2v) is 3.92. The van der Waals surface area contributed by atoms with Gasteiger partial charge in [0.25, 0.3) is 0 Å². The molecular weight excluding hydrogens is 221 g/mol. The number of hydrogen-bond donors (Lipinski definition) is 2. The van der Waals surface area contributed by atoms with Crippen LogP contribution in [-0.2, 0) is 0 Å². The average Bonchev–Trinajstić information content (AvgIpc) is 1.98. The number of alkyl halides is 3. The van der Waals surface area contributed by atoms with Gasteiger partial charge in [0.15, 0.2) is 5.96 Å². The predicted molar refractivity (Wildman–Crippen MR) is 58.3 cm³/mol. The molecule has 0 aromatic rings. The average molecular weight is 240 g/mol. The van der Waals surface area contributed by atoms with Gasteiger partial charge < -0.3 is 11.1 Å². The maximum atomic E-state index is 11.9. The Morgan fingerprint density at radius 2 is 2.00 bits per heavy atom. The van der Waals surface area contributed by atoms with Gasteiger partial charge in [0.2, 0.25) is 0 Å². The van der Waals surface area contributed by atoms with Crippen molar-refractivity contribution in [2.45, 2.75) is 26.1 Å². The van der Waals surface area contributed by atoms with Crippen LogP contribution in [0.3, 0.4) is 0 Å². The van der Waals surface area contributed by atoms with E-state index in [1.807, 2.05) is 13.8 Å². The smallest absolute Gasteiger partial charge is 0.370 e. The van der Waals surface area contributed by atoms with Crippen LogP contribution in [0, 0.1) is 0 Å². The molecule has 0 atom stereocenters. The van der Waals surface area contributed by atoms with Crippen molar-refractivity contribution in [1.29, 1.82) is 0 Å². The lowest BCUT2D eigenvalue weighted by Crippen LogP contribution is -2.38. The minimum absolute atomic E-state index is 0.164. The van der Waals surface area contributed by atoms with Crippen molar-refractivity contribution in [2.75, 3.05) is 26.7 Å². The van der Waals surface area contributed by atoms with Crippen LogP contribution in [0.25, 0.3) is 0 Å². The van der Waals surface area contributed by atoms with E-state index < -0.39 is 12.7 Å². The molecule has 0 aliphatic carbocycles. The molecule has 7 heteroatoms. The zero-order chi connectivity index (χ0) is 12.8. The topological polar surface area (TPSA) is 53.6 Å². The molecule has 0 saturated heterocycles. The summed E-state index contributed by atoms with van der Waals surface area (Å²) in [6.07, 6.45) is -4.17. The first kappa shape index (κ1) is 15.0. The fourth-order valence-electron chi connectivity index (χ4n) is 1.07. The molecule has 0 fully saturated rings. The zero-order valence-corrected chi connectivity index (χ0v) is 9.80. The van der Waals surface area contributed by atoms with Crippen molar-refractivity contribution in [3.63, 3.8) is 0 Å². The van der Waals surface area contributed by atoms with Crippen LogP contribution in [0.2, 0.25) is 0 Å². The van der Waals surface area contributed by atoms with E-state index in [2.05, 4.69) is 10.3 Å². The van der Waals surface area contributed by atoms with E-state index in [4.69, 9.17) is 5.73 Å². The normalized spacial score (nSPS) is 13.6. The van der Waals surface area contributed by atoms with Crippen LogP contribution >= 0.6 is 0 Å². The summed E-state index contributed by atoms with van der Waals surface area (Å²) in [4.78, 5) is 5.07. The molecule has 3 N–H and O–H groups in total. The largest absolute Gasteiger partial charge is 0.401 e. The number of hydrogen-bond acceptors (Lipinski definition) is 2. The number of likely N-dealkylation sites (N-methyl/N-ethyl adjacent to an activating group) is 1.